The molecule has 1 heterocycles. The third kappa shape index (κ3) is 2.87. The quantitative estimate of drug-likeness (QED) is 0.737. The molecule has 0 spiro atoms. The van der Waals surface area contributed by atoms with E-state index < -0.39 is 0 Å². The Labute approximate surface area is 135 Å². The molecule has 1 unspecified atom stereocenters. The summed E-state index contributed by atoms with van der Waals surface area (Å²) >= 11 is 5.92. The van der Waals surface area contributed by atoms with E-state index in [0.29, 0.717) is 0 Å². The van der Waals surface area contributed by atoms with Gasteiger partial charge in [-0.15, -0.1) is 0 Å². The number of rotatable bonds is 3. The van der Waals surface area contributed by atoms with Gasteiger partial charge in [0.2, 0.25) is 0 Å². The maximum atomic E-state index is 6.47. The molecule has 5 heteroatoms. The van der Waals surface area contributed by atoms with E-state index >= 15 is 0 Å². The van der Waals surface area contributed by atoms with E-state index in [1.54, 1.807) is 0 Å². The first-order chi connectivity index (χ1) is 8.93. The summed E-state index contributed by atoms with van der Waals surface area (Å²) < 4.78 is 4.16. The minimum atomic E-state index is -0.175. The summed E-state index contributed by atoms with van der Waals surface area (Å²) in [6.07, 6.45) is 1.82. The summed E-state index contributed by atoms with van der Waals surface area (Å²) in [7, 11) is 0. The van der Waals surface area contributed by atoms with Crippen LogP contribution in [0.2, 0.25) is 0 Å². The van der Waals surface area contributed by atoms with Crippen molar-refractivity contribution in [1.82, 2.24) is 9.78 Å². The van der Waals surface area contributed by atoms with Gasteiger partial charge in [-0.2, -0.15) is 5.10 Å². The number of hydrogen-bond acceptors (Lipinski definition) is 2. The van der Waals surface area contributed by atoms with Crippen molar-refractivity contribution in [2.75, 3.05) is 0 Å². The average Bonchev–Trinajstić information content (AvgIpc) is 2.74. The molecule has 0 aliphatic rings. The topological polar surface area (TPSA) is 43.8 Å². The number of halogens is 2. The van der Waals surface area contributed by atoms with Crippen molar-refractivity contribution in [2.24, 2.45) is 5.73 Å². The molecular formula is C14H17BrIN3. The van der Waals surface area contributed by atoms with Gasteiger partial charge in [-0.3, -0.25) is 4.68 Å². The monoisotopic (exact) mass is 433 g/mol. The Balaban J connectivity index is 2.53. The molecule has 0 amide bonds. The SMILES string of the molecule is Cc1cccc(C(N)c2c(Br)cnn2C(C)C)c1I. The Hall–Kier alpha value is -0.400. The number of aromatic nitrogens is 2. The highest BCUT2D eigenvalue weighted by molar-refractivity contribution is 14.1. The zero-order valence-electron chi connectivity index (χ0n) is 11.2. The van der Waals surface area contributed by atoms with Crippen LogP contribution in [0.15, 0.2) is 28.9 Å². The molecule has 19 heavy (non-hydrogen) atoms. The molecule has 0 fully saturated rings. The van der Waals surface area contributed by atoms with Gasteiger partial charge in [0.25, 0.3) is 0 Å². The molecule has 0 aliphatic heterocycles. The molecular weight excluding hydrogens is 417 g/mol. The first-order valence-corrected chi connectivity index (χ1v) is 8.04. The maximum Gasteiger partial charge on any atom is 0.0745 e. The number of hydrogen-bond donors (Lipinski definition) is 1. The molecule has 0 bridgehead atoms. The Morgan fingerprint density at radius 1 is 1.37 bits per heavy atom. The molecule has 102 valence electrons. The molecule has 1 aromatic heterocycles. The second-order valence-corrected chi connectivity index (χ2v) is 6.80. The number of aryl methyl sites for hydroxylation is 1. The van der Waals surface area contributed by atoms with Crippen molar-refractivity contribution >= 4 is 38.5 Å². The smallest absolute Gasteiger partial charge is 0.0745 e. The molecule has 3 nitrogen and oxygen atoms in total. The van der Waals surface area contributed by atoms with Crippen LogP contribution in [0.5, 0.6) is 0 Å². The normalized spacial score (nSPS) is 13.0. The van der Waals surface area contributed by atoms with Crippen molar-refractivity contribution in [1.29, 1.82) is 0 Å². The third-order valence-corrected chi connectivity index (χ3v) is 5.21. The van der Waals surface area contributed by atoms with Gasteiger partial charge in [0.15, 0.2) is 0 Å². The van der Waals surface area contributed by atoms with Crippen LogP contribution >= 0.6 is 38.5 Å². The first-order valence-electron chi connectivity index (χ1n) is 6.17. The van der Waals surface area contributed by atoms with Crippen LogP contribution in [0.3, 0.4) is 0 Å². The van der Waals surface area contributed by atoms with Gasteiger partial charge in [-0.1, -0.05) is 18.2 Å². The Kier molecular flexibility index (Phi) is 4.68. The van der Waals surface area contributed by atoms with Crippen LogP contribution < -0.4 is 5.73 Å². The van der Waals surface area contributed by atoms with Gasteiger partial charge in [0, 0.05) is 9.61 Å². The summed E-state index contributed by atoms with van der Waals surface area (Å²) in [6.45, 7) is 6.32. The second kappa shape index (κ2) is 5.93. The fourth-order valence-corrected chi connectivity index (χ4v) is 3.33. The fourth-order valence-electron chi connectivity index (χ4n) is 2.11. The standard InChI is InChI=1S/C14H17BrIN3/c1-8(2)19-14(11(15)7-18-19)13(17)10-6-4-5-9(3)12(10)16/h4-8,13H,17H2,1-3H3. The lowest BCUT2D eigenvalue weighted by Crippen LogP contribution is -2.20. The zero-order chi connectivity index (χ0) is 14.2. The van der Waals surface area contributed by atoms with Crippen LogP contribution in [-0.4, -0.2) is 9.78 Å². The van der Waals surface area contributed by atoms with Gasteiger partial charge in [0.1, 0.15) is 0 Å². The largest absolute Gasteiger partial charge is 0.319 e. The van der Waals surface area contributed by atoms with E-state index in [4.69, 9.17) is 5.73 Å². The summed E-state index contributed by atoms with van der Waals surface area (Å²) in [5.74, 6) is 0. The van der Waals surface area contributed by atoms with Crippen molar-refractivity contribution < 1.29 is 0 Å². The van der Waals surface area contributed by atoms with Crippen LogP contribution in [-0.2, 0) is 0 Å². The van der Waals surface area contributed by atoms with E-state index in [-0.39, 0.29) is 12.1 Å². The molecule has 0 radical (unpaired) electrons. The van der Waals surface area contributed by atoms with Gasteiger partial charge in [-0.05, 0) is 70.4 Å². The van der Waals surface area contributed by atoms with Crippen LogP contribution in [0.25, 0.3) is 0 Å². The minimum absolute atomic E-state index is 0.175. The average molecular weight is 434 g/mol. The van der Waals surface area contributed by atoms with Gasteiger partial charge in [0.05, 0.1) is 22.4 Å². The van der Waals surface area contributed by atoms with E-state index in [2.05, 4.69) is 82.6 Å². The molecule has 1 aromatic carbocycles. The lowest BCUT2D eigenvalue weighted by atomic mass is 10.0. The molecule has 2 rings (SSSR count). The van der Waals surface area contributed by atoms with E-state index in [1.807, 2.05) is 10.9 Å². The third-order valence-electron chi connectivity index (χ3n) is 3.13. The molecule has 0 aliphatic carbocycles. The van der Waals surface area contributed by atoms with Crippen LogP contribution in [0, 0.1) is 10.5 Å². The first kappa shape index (κ1) is 15.0. The summed E-state index contributed by atoms with van der Waals surface area (Å²) in [4.78, 5) is 0. The molecule has 2 aromatic rings. The molecule has 0 saturated carbocycles. The predicted molar refractivity (Wildman–Crippen MR) is 90.2 cm³/mol. The number of nitrogens with two attached hydrogens (primary N) is 1. The zero-order valence-corrected chi connectivity index (χ0v) is 14.9. The predicted octanol–water partition coefficient (Wildman–Crippen LogP) is 4.19. The number of benzene rings is 1. The van der Waals surface area contributed by atoms with E-state index in [1.165, 1.54) is 9.13 Å². The maximum absolute atomic E-state index is 6.47. The Morgan fingerprint density at radius 3 is 2.68 bits per heavy atom. The van der Waals surface area contributed by atoms with Crippen molar-refractivity contribution in [2.45, 2.75) is 32.9 Å². The fraction of sp³-hybridized carbons (Fsp3) is 0.357. The Morgan fingerprint density at radius 2 is 2.05 bits per heavy atom. The second-order valence-electron chi connectivity index (χ2n) is 4.87. The van der Waals surface area contributed by atoms with Gasteiger partial charge < -0.3 is 5.73 Å². The van der Waals surface area contributed by atoms with Crippen molar-refractivity contribution in [3.63, 3.8) is 0 Å². The van der Waals surface area contributed by atoms with Gasteiger partial charge in [-0.25, -0.2) is 0 Å². The van der Waals surface area contributed by atoms with Gasteiger partial charge >= 0.3 is 0 Å². The highest BCUT2D eigenvalue weighted by Crippen LogP contribution is 2.31. The summed E-state index contributed by atoms with van der Waals surface area (Å²) in [6, 6.07) is 6.35. The summed E-state index contributed by atoms with van der Waals surface area (Å²) in [5.41, 5.74) is 9.89. The van der Waals surface area contributed by atoms with Crippen molar-refractivity contribution in [3.05, 3.63) is 49.3 Å². The minimum Gasteiger partial charge on any atom is -0.319 e. The molecule has 2 N–H and O–H groups in total. The van der Waals surface area contributed by atoms with Crippen LogP contribution in [0.1, 0.15) is 42.8 Å². The number of nitrogens with zero attached hydrogens (tertiary/aromatic N) is 2. The molecule has 1 atom stereocenters. The highest BCUT2D eigenvalue weighted by atomic mass is 127. The van der Waals surface area contributed by atoms with Crippen LogP contribution in [0.4, 0.5) is 0 Å². The highest BCUT2D eigenvalue weighted by Gasteiger charge is 2.21. The molecule has 0 saturated heterocycles. The van der Waals surface area contributed by atoms with Crippen molar-refractivity contribution in [3.8, 4) is 0 Å². The lowest BCUT2D eigenvalue weighted by molar-refractivity contribution is 0.498. The van der Waals surface area contributed by atoms with E-state index in [0.717, 1.165) is 15.7 Å². The summed E-state index contributed by atoms with van der Waals surface area (Å²) in [5, 5.41) is 4.40. The lowest BCUT2D eigenvalue weighted by Gasteiger charge is -2.19. The van der Waals surface area contributed by atoms with E-state index in [9.17, 15) is 0 Å². The Bertz CT molecular complexity index is 592.